The molecule has 0 fully saturated rings. The number of rotatable bonds is 6. The van der Waals surface area contributed by atoms with Crippen molar-refractivity contribution in [1.82, 2.24) is 10.6 Å². The van der Waals surface area contributed by atoms with Gasteiger partial charge in [-0.25, -0.2) is 4.99 Å². The van der Waals surface area contributed by atoms with Crippen LogP contribution in [0.5, 0.6) is 0 Å². The number of aliphatic imine (C=N–C) groups is 1. The number of ketones is 1. The number of nitrogens with one attached hydrogen (secondary N) is 2. The first-order chi connectivity index (χ1) is 17.4. The number of benzene rings is 2. The number of fused-ring (bicyclic) bond motifs is 1. The number of Topliss-reactive ketones (excluding diaryl/α,β-unsaturated/α-hetero) is 1. The standard InChI is InChI=1S/C29H32N4O3/c1-3-4-15-31-27(35)21-12-8-11-20(16-21)22-13-14-23-24(25(22)34)29(17-32-28(30)33-29)18(2)26(36-23)19-9-6-5-7-10-19/h5-14,16,18,22,26H,3-4,15,17H2,1-2H3,(H,31,35)(H3,30,32,33)/t18?,22?,26-,29+/m1/s1. The minimum absolute atomic E-state index is 0.0744. The summed E-state index contributed by atoms with van der Waals surface area (Å²) in [5, 5.41) is 6.09. The van der Waals surface area contributed by atoms with Crippen LogP contribution in [0.2, 0.25) is 0 Å². The maximum atomic E-state index is 14.1. The van der Waals surface area contributed by atoms with E-state index in [0.717, 1.165) is 24.0 Å². The second-order valence-corrected chi connectivity index (χ2v) is 9.69. The maximum absolute atomic E-state index is 14.1. The van der Waals surface area contributed by atoms with Crippen molar-refractivity contribution in [2.45, 2.75) is 44.2 Å². The van der Waals surface area contributed by atoms with Gasteiger partial charge in [0, 0.05) is 24.6 Å². The molecule has 1 amide bonds. The Hall–Kier alpha value is -3.87. The van der Waals surface area contributed by atoms with E-state index >= 15 is 0 Å². The first kappa shape index (κ1) is 23.9. The molecule has 7 nitrogen and oxygen atoms in total. The summed E-state index contributed by atoms with van der Waals surface area (Å²) in [6, 6.07) is 17.3. The quantitative estimate of drug-likeness (QED) is 0.542. The van der Waals surface area contributed by atoms with Gasteiger partial charge in [0.25, 0.3) is 5.91 Å². The number of guanidine groups is 1. The summed E-state index contributed by atoms with van der Waals surface area (Å²) in [5.74, 6) is -0.0191. The molecule has 2 aromatic carbocycles. The summed E-state index contributed by atoms with van der Waals surface area (Å²) in [6.07, 6.45) is 5.40. The van der Waals surface area contributed by atoms with Gasteiger partial charge in [0.2, 0.25) is 0 Å². The number of carbonyl (C=O) groups is 2. The number of allylic oxidation sites excluding steroid dienone is 2. The van der Waals surface area contributed by atoms with Crippen LogP contribution < -0.4 is 16.4 Å². The summed E-state index contributed by atoms with van der Waals surface area (Å²) >= 11 is 0. The molecular formula is C29H32N4O3. The molecule has 4 atom stereocenters. The molecule has 1 spiro atoms. The third-order valence-electron chi connectivity index (χ3n) is 7.42. The van der Waals surface area contributed by atoms with Gasteiger partial charge < -0.3 is 21.1 Å². The van der Waals surface area contributed by atoms with Gasteiger partial charge in [0.15, 0.2) is 11.7 Å². The first-order valence-corrected chi connectivity index (χ1v) is 12.6. The Morgan fingerprint density at radius 2 is 1.97 bits per heavy atom. The van der Waals surface area contributed by atoms with E-state index in [1.54, 1.807) is 12.1 Å². The fourth-order valence-electron chi connectivity index (χ4n) is 5.42. The second-order valence-electron chi connectivity index (χ2n) is 9.69. The van der Waals surface area contributed by atoms with Gasteiger partial charge in [-0.05, 0) is 35.8 Å². The zero-order chi connectivity index (χ0) is 25.3. The number of hydrogen-bond donors (Lipinski definition) is 3. The number of nitrogens with zero attached hydrogens (tertiary/aromatic N) is 1. The predicted molar refractivity (Wildman–Crippen MR) is 139 cm³/mol. The second kappa shape index (κ2) is 9.64. The van der Waals surface area contributed by atoms with Crippen molar-refractivity contribution in [3.63, 3.8) is 0 Å². The Morgan fingerprint density at radius 3 is 2.69 bits per heavy atom. The van der Waals surface area contributed by atoms with Crippen LogP contribution in [0.1, 0.15) is 60.2 Å². The van der Waals surface area contributed by atoms with Gasteiger partial charge >= 0.3 is 0 Å². The smallest absolute Gasteiger partial charge is 0.251 e. The zero-order valence-electron chi connectivity index (χ0n) is 20.7. The Morgan fingerprint density at radius 1 is 1.19 bits per heavy atom. The first-order valence-electron chi connectivity index (χ1n) is 12.6. The lowest BCUT2D eigenvalue weighted by Gasteiger charge is -2.45. The van der Waals surface area contributed by atoms with Crippen LogP contribution in [-0.4, -0.2) is 36.3 Å². The summed E-state index contributed by atoms with van der Waals surface area (Å²) in [5.41, 5.74) is 8.14. The molecule has 2 aromatic rings. The molecule has 2 aliphatic heterocycles. The Bertz CT molecular complexity index is 1270. The van der Waals surface area contributed by atoms with Gasteiger partial charge in [-0.2, -0.15) is 0 Å². The van der Waals surface area contributed by atoms with E-state index in [4.69, 9.17) is 15.5 Å². The van der Waals surface area contributed by atoms with Crippen molar-refractivity contribution in [2.24, 2.45) is 16.6 Å². The largest absolute Gasteiger partial charge is 0.485 e. The van der Waals surface area contributed by atoms with Crippen LogP contribution in [0.15, 0.2) is 83.1 Å². The van der Waals surface area contributed by atoms with Crippen LogP contribution in [-0.2, 0) is 9.53 Å². The van der Waals surface area contributed by atoms with E-state index in [1.165, 1.54) is 0 Å². The molecule has 0 radical (unpaired) electrons. The molecule has 2 unspecified atom stereocenters. The minimum Gasteiger partial charge on any atom is -0.485 e. The third-order valence-corrected chi connectivity index (χ3v) is 7.42. The normalized spacial score (nSPS) is 26.8. The molecule has 1 aliphatic carbocycles. The van der Waals surface area contributed by atoms with E-state index < -0.39 is 11.5 Å². The van der Waals surface area contributed by atoms with Crippen LogP contribution in [0.3, 0.4) is 0 Å². The van der Waals surface area contributed by atoms with Gasteiger partial charge in [0.1, 0.15) is 17.4 Å². The van der Waals surface area contributed by atoms with Gasteiger partial charge in [-0.15, -0.1) is 0 Å². The van der Waals surface area contributed by atoms with Crippen molar-refractivity contribution in [3.05, 3.63) is 94.8 Å². The van der Waals surface area contributed by atoms with E-state index in [1.807, 2.05) is 54.6 Å². The maximum Gasteiger partial charge on any atom is 0.251 e. The van der Waals surface area contributed by atoms with Crippen molar-refractivity contribution in [2.75, 3.05) is 13.1 Å². The average molecular weight is 485 g/mol. The van der Waals surface area contributed by atoms with Gasteiger partial charge in [-0.1, -0.05) is 68.8 Å². The Labute approximate surface area is 211 Å². The monoisotopic (exact) mass is 484 g/mol. The van der Waals surface area contributed by atoms with Crippen molar-refractivity contribution >= 4 is 17.6 Å². The lowest BCUT2D eigenvalue weighted by Crippen LogP contribution is -2.51. The fraction of sp³-hybridized carbons (Fsp3) is 0.345. The Kier molecular flexibility index (Phi) is 6.39. The summed E-state index contributed by atoms with van der Waals surface area (Å²) in [6.45, 7) is 5.20. The lowest BCUT2D eigenvalue weighted by atomic mass is 9.68. The third kappa shape index (κ3) is 4.08. The minimum atomic E-state index is -0.840. The van der Waals surface area contributed by atoms with Crippen molar-refractivity contribution in [3.8, 4) is 0 Å². The number of amides is 1. The SMILES string of the molecule is CCCCNC(=O)c1cccc(C2C=CC3=C(C2=O)[C@]2(CNC(N)=N2)C(C)[C@H](c2ccccc2)O3)c1. The topological polar surface area (TPSA) is 106 Å². The molecule has 0 bridgehead atoms. The number of unbranched alkanes of at least 4 members (excludes halogenated alkanes) is 1. The lowest BCUT2D eigenvalue weighted by molar-refractivity contribution is -0.118. The number of ether oxygens (including phenoxy) is 1. The molecule has 186 valence electrons. The summed E-state index contributed by atoms with van der Waals surface area (Å²) < 4.78 is 6.45. The molecule has 2 heterocycles. The van der Waals surface area contributed by atoms with E-state index in [9.17, 15) is 9.59 Å². The molecule has 3 aliphatic rings. The highest BCUT2D eigenvalue weighted by Crippen LogP contribution is 2.51. The molecule has 7 heteroatoms. The number of carbonyl (C=O) groups excluding carboxylic acids is 2. The highest BCUT2D eigenvalue weighted by molar-refractivity contribution is 6.07. The van der Waals surface area contributed by atoms with Crippen LogP contribution >= 0.6 is 0 Å². The zero-order valence-corrected chi connectivity index (χ0v) is 20.7. The van der Waals surface area contributed by atoms with Gasteiger partial charge in [0.05, 0.1) is 11.5 Å². The van der Waals surface area contributed by atoms with Crippen LogP contribution in [0, 0.1) is 5.92 Å². The van der Waals surface area contributed by atoms with Crippen LogP contribution in [0.25, 0.3) is 0 Å². The molecule has 0 aromatic heterocycles. The van der Waals surface area contributed by atoms with Crippen molar-refractivity contribution < 1.29 is 14.3 Å². The number of hydrogen-bond acceptors (Lipinski definition) is 6. The van der Waals surface area contributed by atoms with Crippen LogP contribution in [0.4, 0.5) is 0 Å². The van der Waals surface area contributed by atoms with Crippen molar-refractivity contribution in [1.29, 1.82) is 0 Å². The Balaban J connectivity index is 1.50. The van der Waals surface area contributed by atoms with E-state index in [2.05, 4.69) is 24.5 Å². The molecule has 36 heavy (non-hydrogen) atoms. The molecule has 5 rings (SSSR count). The molecular weight excluding hydrogens is 452 g/mol. The summed E-state index contributed by atoms with van der Waals surface area (Å²) in [4.78, 5) is 31.5. The number of nitrogens with two attached hydrogens (primary N) is 1. The molecule has 4 N–H and O–H groups in total. The summed E-state index contributed by atoms with van der Waals surface area (Å²) in [7, 11) is 0. The molecule has 0 saturated heterocycles. The average Bonchev–Trinajstić information content (AvgIpc) is 3.28. The highest BCUT2D eigenvalue weighted by atomic mass is 16.5. The molecule has 0 saturated carbocycles. The fourth-order valence-corrected chi connectivity index (χ4v) is 5.42. The predicted octanol–water partition coefficient (Wildman–Crippen LogP) is 3.76. The highest BCUT2D eigenvalue weighted by Gasteiger charge is 2.55. The van der Waals surface area contributed by atoms with E-state index in [-0.39, 0.29) is 23.7 Å². The van der Waals surface area contributed by atoms with E-state index in [0.29, 0.717) is 35.9 Å². The van der Waals surface area contributed by atoms with Gasteiger partial charge in [-0.3, -0.25) is 9.59 Å².